The van der Waals surface area contributed by atoms with Crippen LogP contribution < -0.4 is 4.90 Å². The Morgan fingerprint density at radius 2 is 2.00 bits per heavy atom. The van der Waals surface area contributed by atoms with Gasteiger partial charge in [-0.25, -0.2) is 9.78 Å². The normalized spacial score (nSPS) is 10.4. The fourth-order valence-corrected chi connectivity index (χ4v) is 3.51. The first kappa shape index (κ1) is 16.3. The van der Waals surface area contributed by atoms with Crippen molar-refractivity contribution in [1.82, 2.24) is 9.97 Å². The highest BCUT2D eigenvalue weighted by molar-refractivity contribution is 9.10. The summed E-state index contributed by atoms with van der Waals surface area (Å²) in [6.07, 6.45) is 4.86. The number of halogens is 1. The van der Waals surface area contributed by atoms with Crippen molar-refractivity contribution in [3.05, 3.63) is 58.3 Å². The van der Waals surface area contributed by atoms with Crippen molar-refractivity contribution in [1.29, 1.82) is 0 Å². The van der Waals surface area contributed by atoms with Crippen LogP contribution in [0.1, 0.15) is 10.4 Å². The number of rotatable bonds is 5. The molecule has 6 nitrogen and oxygen atoms in total. The number of carboxylic acid groups (broad SMARTS) is 1. The van der Waals surface area contributed by atoms with E-state index in [2.05, 4.69) is 25.9 Å². The van der Waals surface area contributed by atoms with Gasteiger partial charge in [0.1, 0.15) is 10.6 Å². The number of hydrogen-bond acceptors (Lipinski definition) is 5. The number of aromatic carboxylic acids is 1. The number of carboxylic acids is 1. The molecule has 0 saturated carbocycles. The quantitative estimate of drug-likeness (QED) is 0.651. The van der Waals surface area contributed by atoms with Gasteiger partial charge in [-0.15, -0.1) is 11.3 Å². The molecule has 0 aliphatic rings. The van der Waals surface area contributed by atoms with E-state index in [0.717, 1.165) is 10.0 Å². The number of carbonyl (C=O) groups is 2. The van der Waals surface area contributed by atoms with Crippen LogP contribution in [-0.4, -0.2) is 27.5 Å². The highest BCUT2D eigenvalue weighted by atomic mass is 79.9. The number of hydrogen-bond donors (Lipinski definition) is 1. The highest BCUT2D eigenvalue weighted by Crippen LogP contribution is 2.39. The predicted octanol–water partition coefficient (Wildman–Crippen LogP) is 3.96. The van der Waals surface area contributed by atoms with Gasteiger partial charge in [0.15, 0.2) is 5.82 Å². The average Bonchev–Trinajstić information content (AvgIpc) is 3.02. The smallest absolute Gasteiger partial charge is 0.339 e. The number of carbonyl (C=O) groups excluding carboxylic acids is 1. The van der Waals surface area contributed by atoms with Gasteiger partial charge in [-0.3, -0.25) is 14.7 Å². The molecule has 3 rings (SSSR count). The van der Waals surface area contributed by atoms with Gasteiger partial charge in [-0.05, 0) is 17.7 Å². The number of aromatic nitrogens is 2. The van der Waals surface area contributed by atoms with Crippen molar-refractivity contribution in [3.8, 4) is 11.1 Å². The van der Waals surface area contributed by atoms with Crippen LogP contribution in [0.4, 0.5) is 10.8 Å². The number of nitrogens with zero attached hydrogens (tertiary/aromatic N) is 3. The molecule has 1 amide bonds. The Bertz CT molecular complexity index is 881. The summed E-state index contributed by atoms with van der Waals surface area (Å²) in [4.78, 5) is 32.5. The van der Waals surface area contributed by atoms with E-state index in [1.807, 2.05) is 24.3 Å². The molecule has 0 unspecified atom stereocenters. The Labute approximate surface area is 149 Å². The van der Waals surface area contributed by atoms with Crippen molar-refractivity contribution in [2.75, 3.05) is 4.90 Å². The molecule has 1 aromatic carbocycles. The van der Waals surface area contributed by atoms with Gasteiger partial charge in [0.25, 0.3) is 0 Å². The summed E-state index contributed by atoms with van der Waals surface area (Å²) in [7, 11) is 0. The zero-order chi connectivity index (χ0) is 17.1. The van der Waals surface area contributed by atoms with Crippen LogP contribution in [0.2, 0.25) is 0 Å². The fraction of sp³-hybridized carbons (Fsp3) is 0. The van der Waals surface area contributed by atoms with Gasteiger partial charge < -0.3 is 5.11 Å². The number of amides is 1. The Hall–Kier alpha value is -2.58. The lowest BCUT2D eigenvalue weighted by atomic mass is 10.0. The fourth-order valence-electron chi connectivity index (χ4n) is 2.20. The molecule has 0 aliphatic carbocycles. The second-order valence-electron chi connectivity index (χ2n) is 4.68. The van der Waals surface area contributed by atoms with E-state index in [4.69, 9.17) is 0 Å². The Morgan fingerprint density at radius 1 is 1.25 bits per heavy atom. The maximum absolute atomic E-state index is 11.8. The summed E-state index contributed by atoms with van der Waals surface area (Å²) in [6.45, 7) is 0. The van der Waals surface area contributed by atoms with E-state index in [0.29, 0.717) is 12.0 Å². The molecule has 0 fully saturated rings. The van der Waals surface area contributed by atoms with Crippen LogP contribution in [0.5, 0.6) is 0 Å². The standard InChI is InChI=1S/C16H10BrN3O3S/c17-11-3-1-10(2-4-11)12-8-24-15(14(12)16(22)23)20(9-21)13-7-18-5-6-19-13/h1-9H,(H,22,23). The maximum Gasteiger partial charge on any atom is 0.339 e. The van der Waals surface area contributed by atoms with Crippen molar-refractivity contribution in [2.45, 2.75) is 0 Å². The number of thiophene rings is 1. The Morgan fingerprint density at radius 3 is 2.58 bits per heavy atom. The molecule has 2 heterocycles. The Kier molecular flexibility index (Phi) is 4.68. The van der Waals surface area contributed by atoms with Crippen LogP contribution in [0.3, 0.4) is 0 Å². The molecule has 0 spiro atoms. The molecular weight excluding hydrogens is 394 g/mol. The summed E-state index contributed by atoms with van der Waals surface area (Å²) in [6, 6.07) is 7.29. The zero-order valence-electron chi connectivity index (χ0n) is 12.1. The molecule has 0 aliphatic heterocycles. The zero-order valence-corrected chi connectivity index (χ0v) is 14.5. The van der Waals surface area contributed by atoms with E-state index in [1.165, 1.54) is 34.8 Å². The molecule has 0 bridgehead atoms. The van der Waals surface area contributed by atoms with E-state index in [-0.39, 0.29) is 16.4 Å². The molecule has 0 atom stereocenters. The highest BCUT2D eigenvalue weighted by Gasteiger charge is 2.25. The summed E-state index contributed by atoms with van der Waals surface area (Å²) in [5.74, 6) is -0.848. The van der Waals surface area contributed by atoms with Gasteiger partial charge in [0.2, 0.25) is 6.41 Å². The van der Waals surface area contributed by atoms with Crippen LogP contribution in [0.15, 0.2) is 52.7 Å². The third-order valence-electron chi connectivity index (χ3n) is 3.26. The molecule has 24 heavy (non-hydrogen) atoms. The average molecular weight is 404 g/mol. The molecule has 0 radical (unpaired) electrons. The van der Waals surface area contributed by atoms with E-state index >= 15 is 0 Å². The first-order valence-electron chi connectivity index (χ1n) is 6.73. The molecular formula is C16H10BrN3O3S. The molecule has 8 heteroatoms. The van der Waals surface area contributed by atoms with Gasteiger partial charge in [0.05, 0.1) is 6.20 Å². The lowest BCUT2D eigenvalue weighted by Crippen LogP contribution is -2.17. The van der Waals surface area contributed by atoms with Crippen LogP contribution in [-0.2, 0) is 4.79 Å². The van der Waals surface area contributed by atoms with Crippen molar-refractivity contribution >= 4 is 50.5 Å². The van der Waals surface area contributed by atoms with Gasteiger partial charge in [0, 0.05) is 27.8 Å². The predicted molar refractivity (Wildman–Crippen MR) is 94.6 cm³/mol. The van der Waals surface area contributed by atoms with Crippen LogP contribution in [0, 0.1) is 0 Å². The number of anilines is 2. The minimum absolute atomic E-state index is 0.0556. The molecule has 2 aromatic heterocycles. The summed E-state index contributed by atoms with van der Waals surface area (Å²) < 4.78 is 0.896. The molecule has 1 N–H and O–H groups in total. The van der Waals surface area contributed by atoms with Crippen molar-refractivity contribution in [3.63, 3.8) is 0 Å². The topological polar surface area (TPSA) is 83.4 Å². The van der Waals surface area contributed by atoms with Gasteiger partial charge >= 0.3 is 5.97 Å². The summed E-state index contributed by atoms with van der Waals surface area (Å²) in [5, 5.41) is 11.7. The molecule has 3 aromatic rings. The summed E-state index contributed by atoms with van der Waals surface area (Å²) >= 11 is 4.52. The van der Waals surface area contributed by atoms with E-state index < -0.39 is 5.97 Å². The molecule has 0 saturated heterocycles. The summed E-state index contributed by atoms with van der Waals surface area (Å²) in [5.41, 5.74) is 1.36. The minimum atomic E-state index is -1.11. The number of benzene rings is 1. The first-order valence-corrected chi connectivity index (χ1v) is 8.40. The van der Waals surface area contributed by atoms with Gasteiger partial charge in [-0.1, -0.05) is 28.1 Å². The second-order valence-corrected chi connectivity index (χ2v) is 6.45. The lowest BCUT2D eigenvalue weighted by Gasteiger charge is -2.15. The van der Waals surface area contributed by atoms with E-state index in [1.54, 1.807) is 5.38 Å². The molecule has 120 valence electrons. The third kappa shape index (κ3) is 3.06. The van der Waals surface area contributed by atoms with Gasteiger partial charge in [-0.2, -0.15) is 0 Å². The maximum atomic E-state index is 11.8. The second kappa shape index (κ2) is 6.90. The van der Waals surface area contributed by atoms with Crippen molar-refractivity contribution < 1.29 is 14.7 Å². The van der Waals surface area contributed by atoms with Crippen LogP contribution in [0.25, 0.3) is 11.1 Å². The third-order valence-corrected chi connectivity index (χ3v) is 4.77. The largest absolute Gasteiger partial charge is 0.478 e. The lowest BCUT2D eigenvalue weighted by molar-refractivity contribution is -0.106. The van der Waals surface area contributed by atoms with E-state index in [9.17, 15) is 14.7 Å². The monoisotopic (exact) mass is 403 g/mol. The Balaban J connectivity index is 2.14. The SMILES string of the molecule is O=CN(c1cnccn1)c1scc(-c2ccc(Br)cc2)c1C(=O)O. The minimum Gasteiger partial charge on any atom is -0.478 e. The van der Waals surface area contributed by atoms with Crippen LogP contribution >= 0.6 is 27.3 Å². The van der Waals surface area contributed by atoms with Crippen molar-refractivity contribution in [2.24, 2.45) is 0 Å². The first-order chi connectivity index (χ1) is 11.6.